The van der Waals surface area contributed by atoms with E-state index in [1.54, 1.807) is 50.6 Å². The molecule has 0 N–H and O–H groups in total. The van der Waals surface area contributed by atoms with Crippen molar-refractivity contribution in [2.24, 2.45) is 0 Å². The van der Waals surface area contributed by atoms with Crippen LogP contribution in [0.5, 0.6) is 11.5 Å². The first-order valence-corrected chi connectivity index (χ1v) is 11.4. The number of benzene rings is 3. The van der Waals surface area contributed by atoms with Crippen LogP contribution in [0.1, 0.15) is 21.5 Å². The second kappa shape index (κ2) is 9.50. The number of carbonyl (C=O) groups excluding carboxylic acids is 1. The Labute approximate surface area is 196 Å². The normalized spacial score (nSPS) is 10.9. The third kappa shape index (κ3) is 4.50. The first-order chi connectivity index (χ1) is 15.9. The molecule has 0 saturated carbocycles. The van der Waals surface area contributed by atoms with Crippen molar-refractivity contribution >= 4 is 28.4 Å². The number of thioether (sulfide) groups is 1. The Bertz CT molecular complexity index is 1410. The first-order valence-electron chi connectivity index (χ1n) is 10.4. The van der Waals surface area contributed by atoms with E-state index in [9.17, 15) is 9.59 Å². The maximum atomic E-state index is 13.6. The van der Waals surface area contributed by atoms with Gasteiger partial charge in [0.15, 0.2) is 10.9 Å². The van der Waals surface area contributed by atoms with Gasteiger partial charge in [0, 0.05) is 11.6 Å². The lowest BCUT2D eigenvalue weighted by Gasteiger charge is -2.16. The number of ketones is 1. The molecule has 0 bridgehead atoms. The average Bonchev–Trinajstić information content (AvgIpc) is 2.83. The van der Waals surface area contributed by atoms with Crippen molar-refractivity contribution < 1.29 is 14.3 Å². The zero-order valence-corrected chi connectivity index (χ0v) is 19.7. The van der Waals surface area contributed by atoms with Crippen LogP contribution in [0.25, 0.3) is 16.6 Å². The fourth-order valence-corrected chi connectivity index (χ4v) is 4.53. The van der Waals surface area contributed by atoms with Crippen molar-refractivity contribution in [1.29, 1.82) is 0 Å². The smallest absolute Gasteiger partial charge is 0.266 e. The number of aryl methyl sites for hydroxylation is 2. The van der Waals surface area contributed by atoms with E-state index in [1.165, 1.54) is 16.3 Å². The van der Waals surface area contributed by atoms with Gasteiger partial charge in [-0.1, -0.05) is 41.6 Å². The summed E-state index contributed by atoms with van der Waals surface area (Å²) in [6.07, 6.45) is 0. The topological polar surface area (TPSA) is 70.4 Å². The summed E-state index contributed by atoms with van der Waals surface area (Å²) in [6, 6.07) is 18.2. The Morgan fingerprint density at radius 3 is 2.55 bits per heavy atom. The highest BCUT2D eigenvalue weighted by Gasteiger charge is 2.19. The maximum absolute atomic E-state index is 13.6. The van der Waals surface area contributed by atoms with E-state index < -0.39 is 0 Å². The molecule has 0 fully saturated rings. The summed E-state index contributed by atoms with van der Waals surface area (Å²) in [7, 11) is 3.10. The molecule has 0 saturated heterocycles. The summed E-state index contributed by atoms with van der Waals surface area (Å²) in [5, 5.41) is 0.886. The van der Waals surface area contributed by atoms with Crippen LogP contribution in [-0.2, 0) is 0 Å². The largest absolute Gasteiger partial charge is 0.497 e. The van der Waals surface area contributed by atoms with Gasteiger partial charge in [0.05, 0.1) is 36.6 Å². The van der Waals surface area contributed by atoms with Gasteiger partial charge in [0.25, 0.3) is 5.56 Å². The quantitative estimate of drug-likeness (QED) is 0.220. The highest BCUT2D eigenvalue weighted by atomic mass is 32.2. The zero-order chi connectivity index (χ0) is 23.5. The van der Waals surface area contributed by atoms with Gasteiger partial charge in [0.1, 0.15) is 11.5 Å². The summed E-state index contributed by atoms with van der Waals surface area (Å²) < 4.78 is 12.4. The monoisotopic (exact) mass is 460 g/mol. The maximum Gasteiger partial charge on any atom is 0.266 e. The number of ether oxygens (including phenoxy) is 2. The summed E-state index contributed by atoms with van der Waals surface area (Å²) >= 11 is 1.23. The molecule has 33 heavy (non-hydrogen) atoms. The lowest BCUT2D eigenvalue weighted by molar-refractivity contribution is 0.102. The van der Waals surface area contributed by atoms with Crippen molar-refractivity contribution in [3.63, 3.8) is 0 Å². The minimum Gasteiger partial charge on any atom is -0.497 e. The van der Waals surface area contributed by atoms with E-state index in [2.05, 4.69) is 0 Å². The second-order valence-corrected chi connectivity index (χ2v) is 8.56. The average molecular weight is 461 g/mol. The summed E-state index contributed by atoms with van der Waals surface area (Å²) in [6.45, 7) is 3.88. The third-order valence-corrected chi connectivity index (χ3v) is 6.34. The van der Waals surface area contributed by atoms with Crippen LogP contribution in [0.3, 0.4) is 0 Å². The molecule has 7 heteroatoms. The molecule has 0 atom stereocenters. The molecule has 0 aliphatic rings. The number of nitrogens with zero attached hydrogens (tertiary/aromatic N) is 2. The van der Waals surface area contributed by atoms with Crippen LogP contribution in [0.4, 0.5) is 0 Å². The van der Waals surface area contributed by atoms with Gasteiger partial charge in [-0.3, -0.25) is 14.2 Å². The van der Waals surface area contributed by atoms with E-state index in [0.717, 1.165) is 11.1 Å². The van der Waals surface area contributed by atoms with Gasteiger partial charge in [-0.15, -0.1) is 0 Å². The van der Waals surface area contributed by atoms with Gasteiger partial charge >= 0.3 is 0 Å². The van der Waals surface area contributed by atoms with Crippen LogP contribution in [0, 0.1) is 13.8 Å². The zero-order valence-electron chi connectivity index (χ0n) is 18.9. The Morgan fingerprint density at radius 2 is 1.79 bits per heavy atom. The summed E-state index contributed by atoms with van der Waals surface area (Å²) in [4.78, 5) is 31.3. The van der Waals surface area contributed by atoms with E-state index in [0.29, 0.717) is 38.8 Å². The van der Waals surface area contributed by atoms with Gasteiger partial charge in [-0.25, -0.2) is 4.98 Å². The molecule has 0 aliphatic carbocycles. The van der Waals surface area contributed by atoms with E-state index in [1.807, 2.05) is 38.1 Å². The Balaban J connectivity index is 1.84. The van der Waals surface area contributed by atoms with Crippen LogP contribution in [-0.4, -0.2) is 35.3 Å². The second-order valence-electron chi connectivity index (χ2n) is 7.62. The van der Waals surface area contributed by atoms with Crippen molar-refractivity contribution in [2.75, 3.05) is 20.0 Å². The Kier molecular flexibility index (Phi) is 6.51. The van der Waals surface area contributed by atoms with Crippen LogP contribution < -0.4 is 15.0 Å². The number of aromatic nitrogens is 2. The molecular formula is C26H24N2O4S. The lowest BCUT2D eigenvalue weighted by Crippen LogP contribution is -2.23. The lowest BCUT2D eigenvalue weighted by atomic mass is 10.0. The fraction of sp³-hybridized carbons (Fsp3) is 0.192. The number of Topliss-reactive ketones (excluding diaryl/α,β-unsaturated/α-hetero) is 1. The van der Waals surface area contributed by atoms with Gasteiger partial charge in [-0.2, -0.15) is 0 Å². The van der Waals surface area contributed by atoms with Crippen LogP contribution in [0.2, 0.25) is 0 Å². The number of hydrogen-bond donors (Lipinski definition) is 0. The van der Waals surface area contributed by atoms with Crippen LogP contribution >= 0.6 is 11.8 Å². The first kappa shape index (κ1) is 22.6. The molecule has 1 aromatic heterocycles. The number of para-hydroxylation sites is 1. The number of hydrogen-bond acceptors (Lipinski definition) is 6. The Morgan fingerprint density at radius 1 is 1.00 bits per heavy atom. The number of fused-ring (bicyclic) bond motifs is 1. The minimum atomic E-state index is -0.242. The van der Waals surface area contributed by atoms with Crippen molar-refractivity contribution in [2.45, 2.75) is 19.0 Å². The molecule has 0 aliphatic heterocycles. The van der Waals surface area contributed by atoms with Crippen LogP contribution in [0.15, 0.2) is 70.6 Å². The molecule has 0 amide bonds. The highest BCUT2D eigenvalue weighted by Crippen LogP contribution is 2.31. The molecule has 0 spiro atoms. The number of carbonyl (C=O) groups is 1. The molecule has 0 radical (unpaired) electrons. The SMILES string of the molecule is COc1ccc(OC)c(-n2c(SCC(=O)c3cc(C)ccc3C)nc3ccccc3c2=O)c1. The van der Waals surface area contributed by atoms with Crippen molar-refractivity contribution in [3.05, 3.63) is 87.7 Å². The highest BCUT2D eigenvalue weighted by molar-refractivity contribution is 7.99. The van der Waals surface area contributed by atoms with E-state index in [4.69, 9.17) is 14.5 Å². The predicted octanol–water partition coefficient (Wildman–Crippen LogP) is 4.99. The fourth-order valence-electron chi connectivity index (χ4n) is 3.64. The van der Waals surface area contributed by atoms with E-state index in [-0.39, 0.29) is 17.1 Å². The predicted molar refractivity (Wildman–Crippen MR) is 131 cm³/mol. The molecule has 3 aromatic carbocycles. The Hall–Kier alpha value is -3.58. The molecule has 4 rings (SSSR count). The van der Waals surface area contributed by atoms with Gasteiger partial charge in [0.2, 0.25) is 0 Å². The molecule has 6 nitrogen and oxygen atoms in total. The van der Waals surface area contributed by atoms with Gasteiger partial charge < -0.3 is 9.47 Å². The standard InChI is InChI=1S/C26H24N2O4S/c1-16-9-10-17(2)20(13-16)23(29)15-33-26-27-21-8-6-5-7-19(21)25(30)28(26)22-14-18(31-3)11-12-24(22)32-4/h5-14H,15H2,1-4H3. The summed E-state index contributed by atoms with van der Waals surface area (Å²) in [5.74, 6) is 1.19. The molecule has 1 heterocycles. The molecule has 4 aromatic rings. The van der Waals surface area contributed by atoms with E-state index >= 15 is 0 Å². The third-order valence-electron chi connectivity index (χ3n) is 5.40. The number of methoxy groups -OCH3 is 2. The van der Waals surface area contributed by atoms with Gasteiger partial charge in [-0.05, 0) is 49.7 Å². The minimum absolute atomic E-state index is 0.0206. The molecular weight excluding hydrogens is 436 g/mol. The molecule has 0 unspecified atom stereocenters. The van der Waals surface area contributed by atoms with Crippen molar-refractivity contribution in [1.82, 2.24) is 9.55 Å². The summed E-state index contributed by atoms with van der Waals surface area (Å²) in [5.41, 5.74) is 3.45. The van der Waals surface area contributed by atoms with Crippen molar-refractivity contribution in [3.8, 4) is 17.2 Å². The molecule has 168 valence electrons. The number of rotatable bonds is 7.